The van der Waals surface area contributed by atoms with Crippen molar-refractivity contribution in [2.45, 2.75) is 33.8 Å². The van der Waals surface area contributed by atoms with Crippen molar-refractivity contribution < 1.29 is 19.1 Å². The van der Waals surface area contributed by atoms with Crippen molar-refractivity contribution in [3.8, 4) is 0 Å². The average molecular weight is 368 g/mol. The summed E-state index contributed by atoms with van der Waals surface area (Å²) in [6.45, 7) is 5.42. The molecule has 2 rings (SSSR count). The SMILES string of the molecule is CC(C)(C)C(=O)NC(=O)Cc1ccc(NC(=O)OCc2ccccc2)cc1. The predicted molar refractivity (Wildman–Crippen MR) is 103 cm³/mol. The second-order valence-electron chi connectivity index (χ2n) is 7.19. The number of ether oxygens (including phenoxy) is 1. The fraction of sp³-hybridized carbons (Fsp3) is 0.286. The van der Waals surface area contributed by atoms with Gasteiger partial charge in [-0.05, 0) is 23.3 Å². The maximum Gasteiger partial charge on any atom is 0.411 e. The highest BCUT2D eigenvalue weighted by molar-refractivity contribution is 5.98. The van der Waals surface area contributed by atoms with Crippen molar-refractivity contribution in [3.05, 3.63) is 65.7 Å². The first-order chi connectivity index (χ1) is 12.7. The van der Waals surface area contributed by atoms with Crippen molar-refractivity contribution in [2.24, 2.45) is 5.41 Å². The molecule has 2 aromatic carbocycles. The van der Waals surface area contributed by atoms with Crippen molar-refractivity contribution >= 4 is 23.6 Å². The summed E-state index contributed by atoms with van der Waals surface area (Å²) in [5.74, 6) is -0.676. The van der Waals surface area contributed by atoms with Crippen molar-refractivity contribution in [3.63, 3.8) is 0 Å². The summed E-state index contributed by atoms with van der Waals surface area (Å²) >= 11 is 0. The van der Waals surface area contributed by atoms with Gasteiger partial charge in [-0.1, -0.05) is 63.2 Å². The van der Waals surface area contributed by atoms with Gasteiger partial charge in [-0.15, -0.1) is 0 Å². The van der Waals surface area contributed by atoms with Crippen LogP contribution in [0.5, 0.6) is 0 Å². The fourth-order valence-electron chi connectivity index (χ4n) is 2.13. The molecule has 0 aliphatic heterocycles. The lowest BCUT2D eigenvalue weighted by Gasteiger charge is -2.16. The van der Waals surface area contributed by atoms with Crippen molar-refractivity contribution in [1.82, 2.24) is 5.32 Å². The number of rotatable bonds is 5. The molecule has 0 aliphatic rings. The second-order valence-corrected chi connectivity index (χ2v) is 7.19. The van der Waals surface area contributed by atoms with E-state index in [4.69, 9.17) is 4.74 Å². The molecule has 0 atom stereocenters. The topological polar surface area (TPSA) is 84.5 Å². The van der Waals surface area contributed by atoms with Gasteiger partial charge >= 0.3 is 6.09 Å². The highest BCUT2D eigenvalue weighted by Gasteiger charge is 2.23. The highest BCUT2D eigenvalue weighted by atomic mass is 16.5. The van der Waals surface area contributed by atoms with E-state index in [1.54, 1.807) is 45.0 Å². The zero-order valence-electron chi connectivity index (χ0n) is 15.7. The third kappa shape index (κ3) is 6.93. The third-order valence-corrected chi connectivity index (χ3v) is 3.71. The van der Waals surface area contributed by atoms with Gasteiger partial charge < -0.3 is 4.74 Å². The predicted octanol–water partition coefficient (Wildman–Crippen LogP) is 3.67. The van der Waals surface area contributed by atoms with Gasteiger partial charge in [0.2, 0.25) is 11.8 Å². The smallest absolute Gasteiger partial charge is 0.411 e. The van der Waals surface area contributed by atoms with E-state index in [0.29, 0.717) is 5.69 Å². The molecule has 0 aromatic heterocycles. The van der Waals surface area contributed by atoms with E-state index in [-0.39, 0.29) is 24.8 Å². The quantitative estimate of drug-likeness (QED) is 0.843. The summed E-state index contributed by atoms with van der Waals surface area (Å²) in [6.07, 6.45) is -0.472. The first-order valence-corrected chi connectivity index (χ1v) is 8.65. The van der Waals surface area contributed by atoms with Crippen LogP contribution < -0.4 is 10.6 Å². The molecular formula is C21H24N2O4. The Kier molecular flexibility index (Phi) is 6.71. The standard InChI is InChI=1S/C21H24N2O4/c1-21(2,3)19(25)23-18(24)13-15-9-11-17(12-10-15)22-20(26)27-14-16-7-5-4-6-8-16/h4-12H,13-14H2,1-3H3,(H,22,26)(H,23,24,25). The summed E-state index contributed by atoms with van der Waals surface area (Å²) in [5, 5.41) is 5.01. The molecule has 0 radical (unpaired) electrons. The van der Waals surface area contributed by atoms with E-state index >= 15 is 0 Å². The van der Waals surface area contributed by atoms with Crippen LogP contribution >= 0.6 is 0 Å². The Bertz CT molecular complexity index is 793. The Morgan fingerprint density at radius 2 is 1.52 bits per heavy atom. The molecule has 142 valence electrons. The maximum absolute atomic E-state index is 11.9. The zero-order valence-corrected chi connectivity index (χ0v) is 15.7. The van der Waals surface area contributed by atoms with Gasteiger partial charge in [0.25, 0.3) is 0 Å². The van der Waals surface area contributed by atoms with Crippen LogP contribution in [0.2, 0.25) is 0 Å². The minimum Gasteiger partial charge on any atom is -0.444 e. The van der Waals surface area contributed by atoms with Crippen molar-refractivity contribution in [1.29, 1.82) is 0 Å². The van der Waals surface area contributed by atoms with E-state index in [0.717, 1.165) is 11.1 Å². The molecule has 6 nitrogen and oxygen atoms in total. The lowest BCUT2D eigenvalue weighted by atomic mass is 9.95. The van der Waals surface area contributed by atoms with Crippen LogP contribution in [0.1, 0.15) is 31.9 Å². The van der Waals surface area contributed by atoms with E-state index in [9.17, 15) is 14.4 Å². The van der Waals surface area contributed by atoms with Crippen LogP contribution in [0.4, 0.5) is 10.5 Å². The lowest BCUT2D eigenvalue weighted by molar-refractivity contribution is -0.134. The number of nitrogens with one attached hydrogen (secondary N) is 2. The number of anilines is 1. The number of carbonyl (C=O) groups excluding carboxylic acids is 3. The van der Waals surface area contributed by atoms with Gasteiger partial charge in [-0.25, -0.2) is 4.79 Å². The van der Waals surface area contributed by atoms with Gasteiger partial charge in [0.15, 0.2) is 0 Å². The van der Waals surface area contributed by atoms with E-state index in [1.165, 1.54) is 0 Å². The van der Waals surface area contributed by atoms with E-state index in [2.05, 4.69) is 10.6 Å². The van der Waals surface area contributed by atoms with Gasteiger partial charge in [0, 0.05) is 11.1 Å². The fourth-order valence-corrected chi connectivity index (χ4v) is 2.13. The molecular weight excluding hydrogens is 344 g/mol. The molecule has 2 aromatic rings. The van der Waals surface area contributed by atoms with Gasteiger partial charge in [0.1, 0.15) is 6.61 Å². The molecule has 0 unspecified atom stereocenters. The molecule has 0 spiro atoms. The molecule has 3 amide bonds. The van der Waals surface area contributed by atoms with Crippen LogP contribution in [0.15, 0.2) is 54.6 Å². The number of amides is 3. The van der Waals surface area contributed by atoms with Gasteiger partial charge in [0.05, 0.1) is 6.42 Å². The largest absolute Gasteiger partial charge is 0.444 e. The minimum absolute atomic E-state index is 0.0839. The molecule has 0 fully saturated rings. The number of benzene rings is 2. The summed E-state index contributed by atoms with van der Waals surface area (Å²) < 4.78 is 5.15. The Labute approximate surface area is 158 Å². The zero-order chi connectivity index (χ0) is 19.9. The maximum atomic E-state index is 11.9. The molecule has 0 bridgehead atoms. The van der Waals surface area contributed by atoms with Gasteiger partial charge in [-0.3, -0.25) is 20.2 Å². The summed E-state index contributed by atoms with van der Waals surface area (Å²) in [5.41, 5.74) is 1.57. The first kappa shape index (κ1) is 20.2. The molecule has 2 N–H and O–H groups in total. The monoisotopic (exact) mass is 368 g/mol. The molecule has 0 saturated carbocycles. The Hall–Kier alpha value is -3.15. The number of imide groups is 1. The van der Waals surface area contributed by atoms with Crippen LogP contribution in [0.3, 0.4) is 0 Å². The Balaban J connectivity index is 1.81. The first-order valence-electron chi connectivity index (χ1n) is 8.65. The Morgan fingerprint density at radius 3 is 2.11 bits per heavy atom. The average Bonchev–Trinajstić information content (AvgIpc) is 2.61. The van der Waals surface area contributed by atoms with Crippen LogP contribution in [0.25, 0.3) is 0 Å². The summed E-state index contributed by atoms with van der Waals surface area (Å²) in [7, 11) is 0. The molecule has 0 heterocycles. The second kappa shape index (κ2) is 8.98. The van der Waals surface area contributed by atoms with E-state index < -0.39 is 11.5 Å². The number of carbonyl (C=O) groups is 3. The number of hydrogen-bond donors (Lipinski definition) is 2. The molecule has 0 saturated heterocycles. The van der Waals surface area contributed by atoms with Crippen LogP contribution in [0, 0.1) is 5.41 Å². The normalized spacial score (nSPS) is 10.8. The third-order valence-electron chi connectivity index (χ3n) is 3.71. The van der Waals surface area contributed by atoms with Crippen molar-refractivity contribution in [2.75, 3.05) is 5.32 Å². The minimum atomic E-state index is -0.621. The molecule has 0 aliphatic carbocycles. The Morgan fingerprint density at radius 1 is 0.889 bits per heavy atom. The molecule has 27 heavy (non-hydrogen) atoms. The number of hydrogen-bond acceptors (Lipinski definition) is 4. The van der Waals surface area contributed by atoms with Crippen LogP contribution in [-0.2, 0) is 27.4 Å². The lowest BCUT2D eigenvalue weighted by Crippen LogP contribution is -2.39. The summed E-state index contributed by atoms with van der Waals surface area (Å²) in [6, 6.07) is 16.2. The van der Waals surface area contributed by atoms with E-state index in [1.807, 2.05) is 30.3 Å². The highest BCUT2D eigenvalue weighted by Crippen LogP contribution is 2.14. The van der Waals surface area contributed by atoms with Crippen LogP contribution in [-0.4, -0.2) is 17.9 Å². The summed E-state index contributed by atoms with van der Waals surface area (Å²) in [4.78, 5) is 35.6. The van der Waals surface area contributed by atoms with Gasteiger partial charge in [-0.2, -0.15) is 0 Å². The molecule has 6 heteroatoms.